The average molecular weight is 528 g/mol. The van der Waals surface area contributed by atoms with E-state index < -0.39 is 51.7 Å². The van der Waals surface area contributed by atoms with Crippen molar-refractivity contribution in [3.05, 3.63) is 12.2 Å². The molecule has 3 rings (SSSR count). The number of carbonyl (C=O) groups is 4. The van der Waals surface area contributed by atoms with E-state index in [1.807, 2.05) is 30.7 Å². The van der Waals surface area contributed by atoms with E-state index in [2.05, 4.69) is 10.0 Å². The first-order chi connectivity index (χ1) is 16.9. The van der Waals surface area contributed by atoms with Gasteiger partial charge in [-0.3, -0.25) is 14.4 Å². The lowest BCUT2D eigenvalue weighted by atomic mass is 10.1. The molecule has 5 N–H and O–H groups in total. The minimum Gasteiger partial charge on any atom is -0.436 e. The number of carbonyl (C=O) groups excluding carboxylic acids is 4. The lowest BCUT2D eigenvalue weighted by Crippen LogP contribution is -2.58. The van der Waals surface area contributed by atoms with Crippen LogP contribution in [0.5, 0.6) is 0 Å². The Labute approximate surface area is 211 Å². The Kier molecular flexibility index (Phi) is 8.98. The molecule has 4 unspecified atom stereocenters. The van der Waals surface area contributed by atoms with E-state index in [9.17, 15) is 27.6 Å². The zero-order valence-corrected chi connectivity index (χ0v) is 21.6. The van der Waals surface area contributed by atoms with Crippen molar-refractivity contribution in [3.8, 4) is 0 Å². The van der Waals surface area contributed by atoms with Crippen LogP contribution in [-0.4, -0.2) is 67.9 Å². The highest BCUT2D eigenvalue weighted by Gasteiger charge is 2.61. The SMILES string of the molecule is CC(C)CNS(=O)(=O)NC(=O)C12CC1C=CCCCCCC(OC(N)=O)C(=O)N1CCCC1C(=O)N2. The number of rotatable bonds is 6. The molecule has 1 aliphatic carbocycles. The van der Waals surface area contributed by atoms with Crippen LogP contribution in [-0.2, 0) is 29.3 Å². The third-order valence-electron chi connectivity index (χ3n) is 6.75. The average Bonchev–Trinajstić information content (AvgIpc) is 3.25. The molecule has 2 aliphatic heterocycles. The summed E-state index contributed by atoms with van der Waals surface area (Å²) in [5, 5.41) is 2.75. The van der Waals surface area contributed by atoms with E-state index in [1.165, 1.54) is 4.90 Å². The van der Waals surface area contributed by atoms with Crippen molar-refractivity contribution in [2.45, 2.75) is 82.9 Å². The van der Waals surface area contributed by atoms with Gasteiger partial charge >= 0.3 is 16.3 Å². The number of nitrogens with zero attached hydrogens (tertiary/aromatic N) is 1. The van der Waals surface area contributed by atoms with Crippen LogP contribution >= 0.6 is 0 Å². The van der Waals surface area contributed by atoms with Gasteiger partial charge in [-0.05, 0) is 50.9 Å². The van der Waals surface area contributed by atoms with Crippen LogP contribution < -0.4 is 20.5 Å². The Morgan fingerprint density at radius 1 is 1.22 bits per heavy atom. The van der Waals surface area contributed by atoms with Crippen molar-refractivity contribution < 1.29 is 32.3 Å². The van der Waals surface area contributed by atoms with E-state index >= 15 is 0 Å². The molecule has 36 heavy (non-hydrogen) atoms. The molecule has 13 heteroatoms. The third kappa shape index (κ3) is 6.96. The van der Waals surface area contributed by atoms with Crippen molar-refractivity contribution in [2.75, 3.05) is 13.1 Å². The molecule has 2 fully saturated rings. The summed E-state index contributed by atoms with van der Waals surface area (Å²) in [7, 11) is -4.11. The number of ether oxygens (including phenoxy) is 1. The maximum Gasteiger partial charge on any atom is 0.405 e. The molecule has 0 bridgehead atoms. The molecule has 202 valence electrons. The van der Waals surface area contributed by atoms with Crippen molar-refractivity contribution in [1.82, 2.24) is 19.7 Å². The lowest BCUT2D eigenvalue weighted by molar-refractivity contribution is -0.146. The molecule has 4 amide bonds. The van der Waals surface area contributed by atoms with Gasteiger partial charge in [0.15, 0.2) is 6.10 Å². The van der Waals surface area contributed by atoms with Crippen molar-refractivity contribution in [2.24, 2.45) is 17.6 Å². The molecule has 0 aromatic rings. The second-order valence-corrected chi connectivity index (χ2v) is 11.6. The first-order valence-electron chi connectivity index (χ1n) is 12.5. The van der Waals surface area contributed by atoms with E-state index in [4.69, 9.17) is 10.5 Å². The Balaban J connectivity index is 1.83. The summed E-state index contributed by atoms with van der Waals surface area (Å²) in [4.78, 5) is 52.4. The fraction of sp³-hybridized carbons (Fsp3) is 0.739. The number of hydrogen-bond donors (Lipinski definition) is 4. The molecular weight excluding hydrogens is 490 g/mol. The minimum absolute atomic E-state index is 0.0397. The number of nitrogens with one attached hydrogen (secondary N) is 3. The van der Waals surface area contributed by atoms with Crippen LogP contribution in [0.3, 0.4) is 0 Å². The fourth-order valence-electron chi connectivity index (χ4n) is 4.70. The number of nitrogens with two attached hydrogens (primary N) is 1. The molecule has 0 aromatic heterocycles. The molecule has 0 aromatic carbocycles. The first-order valence-corrected chi connectivity index (χ1v) is 14.0. The minimum atomic E-state index is -4.11. The Hall–Kier alpha value is -2.67. The van der Waals surface area contributed by atoms with Gasteiger partial charge < -0.3 is 20.7 Å². The first kappa shape index (κ1) is 27.9. The maximum absolute atomic E-state index is 13.3. The van der Waals surface area contributed by atoms with Crippen LogP contribution in [0.4, 0.5) is 4.79 Å². The van der Waals surface area contributed by atoms with Crippen molar-refractivity contribution in [1.29, 1.82) is 0 Å². The van der Waals surface area contributed by atoms with Crippen molar-refractivity contribution in [3.63, 3.8) is 0 Å². The van der Waals surface area contributed by atoms with Gasteiger partial charge in [-0.15, -0.1) is 0 Å². The fourth-order valence-corrected chi connectivity index (χ4v) is 5.75. The number of hydrogen-bond acceptors (Lipinski definition) is 7. The van der Waals surface area contributed by atoms with Crippen molar-refractivity contribution >= 4 is 34.0 Å². The van der Waals surface area contributed by atoms with E-state index in [0.717, 1.165) is 12.8 Å². The van der Waals surface area contributed by atoms with Crippen LogP contribution in [0.1, 0.15) is 65.2 Å². The summed E-state index contributed by atoms with van der Waals surface area (Å²) in [6.45, 7) is 4.11. The summed E-state index contributed by atoms with van der Waals surface area (Å²) >= 11 is 0. The quantitative estimate of drug-likeness (QED) is 0.362. The second kappa shape index (κ2) is 11.6. The smallest absolute Gasteiger partial charge is 0.405 e. The number of allylic oxidation sites excluding steroid dienone is 1. The van der Waals surface area contributed by atoms with Crippen LogP contribution in [0, 0.1) is 11.8 Å². The van der Waals surface area contributed by atoms with Gasteiger partial charge in [0.1, 0.15) is 11.6 Å². The van der Waals surface area contributed by atoms with Gasteiger partial charge in [-0.1, -0.05) is 32.4 Å². The van der Waals surface area contributed by atoms with Gasteiger partial charge in [-0.2, -0.15) is 13.1 Å². The highest BCUT2D eigenvalue weighted by Crippen LogP contribution is 2.45. The predicted molar refractivity (Wildman–Crippen MR) is 130 cm³/mol. The highest BCUT2D eigenvalue weighted by molar-refractivity contribution is 7.88. The normalized spacial score (nSPS) is 29.4. The largest absolute Gasteiger partial charge is 0.436 e. The number of amides is 4. The summed E-state index contributed by atoms with van der Waals surface area (Å²) in [6.07, 6.45) is 6.03. The summed E-state index contributed by atoms with van der Waals surface area (Å²) in [5.74, 6) is -2.20. The summed E-state index contributed by atoms with van der Waals surface area (Å²) < 4.78 is 34.3. The van der Waals surface area contributed by atoms with E-state index in [0.29, 0.717) is 38.6 Å². The van der Waals surface area contributed by atoms with Gasteiger partial charge in [0.05, 0.1) is 0 Å². The van der Waals surface area contributed by atoms with Crippen LogP contribution in [0.15, 0.2) is 12.2 Å². The Morgan fingerprint density at radius 2 is 1.97 bits per heavy atom. The zero-order chi connectivity index (χ0) is 26.5. The second-order valence-electron chi connectivity index (χ2n) is 10.1. The standard InChI is InChI=1S/C23H37N5O7S/c1-15(2)14-25-36(33,34)27-21(31)23-13-16(23)9-6-4-3-5-7-11-18(35-22(24)32)20(30)28-12-8-10-17(28)19(29)26-23/h6,9,15-18,25H,3-5,7-8,10-14H2,1-2H3,(H2,24,32)(H,26,29)(H,27,31). The van der Waals surface area contributed by atoms with Gasteiger partial charge in [0.25, 0.3) is 11.8 Å². The molecule has 0 spiro atoms. The third-order valence-corrected chi connectivity index (χ3v) is 7.75. The molecular formula is C23H37N5O7S. The highest BCUT2D eigenvalue weighted by atomic mass is 32.2. The Morgan fingerprint density at radius 3 is 2.67 bits per heavy atom. The summed E-state index contributed by atoms with van der Waals surface area (Å²) in [6, 6.07) is -0.868. The monoisotopic (exact) mass is 527 g/mol. The number of fused-ring (bicyclic) bond motifs is 2. The lowest BCUT2D eigenvalue weighted by Gasteiger charge is -2.29. The topological polar surface area (TPSA) is 177 Å². The van der Waals surface area contributed by atoms with Crippen LogP contribution in [0.2, 0.25) is 0 Å². The summed E-state index contributed by atoms with van der Waals surface area (Å²) in [5.41, 5.74) is 3.75. The molecule has 0 radical (unpaired) electrons. The maximum atomic E-state index is 13.3. The molecule has 1 saturated heterocycles. The molecule has 12 nitrogen and oxygen atoms in total. The predicted octanol–water partition coefficient (Wildman–Crippen LogP) is 0.443. The molecule has 1 saturated carbocycles. The van der Waals surface area contributed by atoms with E-state index in [-0.39, 0.29) is 24.8 Å². The molecule has 4 atom stereocenters. The van der Waals surface area contributed by atoms with Gasteiger partial charge in [0.2, 0.25) is 5.91 Å². The molecule has 3 aliphatic rings. The van der Waals surface area contributed by atoms with Gasteiger partial charge in [-0.25, -0.2) is 9.52 Å². The molecule has 2 heterocycles. The number of primary amides is 1. The zero-order valence-electron chi connectivity index (χ0n) is 20.8. The van der Waals surface area contributed by atoms with E-state index in [1.54, 1.807) is 0 Å². The van der Waals surface area contributed by atoms with Gasteiger partial charge in [0, 0.05) is 19.0 Å². The van der Waals surface area contributed by atoms with Crippen LogP contribution in [0.25, 0.3) is 0 Å². The Bertz CT molecular complexity index is 999.